The molecule has 0 bridgehead atoms. The number of hydrogen-bond donors (Lipinski definition) is 1. The number of nitrogens with zero attached hydrogens (tertiary/aromatic N) is 1. The highest BCUT2D eigenvalue weighted by Gasteiger charge is 2.23. The average Bonchev–Trinajstić information content (AvgIpc) is 2.86. The molecule has 5 heteroatoms. The Hall–Kier alpha value is -1.07. The molecule has 4 nitrogen and oxygen atoms in total. The standard InChI is InChI=1S/C15H24N2O2S/c1-4-12-8-9-14(10-12)16-13-6-5-7-15(11-13)20(18,19)17(2)3/h5-7,11-12,14,16H,4,8-10H2,1-3H3. The van der Waals surface area contributed by atoms with Crippen LogP contribution >= 0.6 is 0 Å². The van der Waals surface area contributed by atoms with Crippen LogP contribution in [0.4, 0.5) is 5.69 Å². The van der Waals surface area contributed by atoms with Gasteiger partial charge in [0.25, 0.3) is 0 Å². The normalized spacial score (nSPS) is 23.2. The Morgan fingerprint density at radius 3 is 2.65 bits per heavy atom. The molecule has 1 aliphatic rings. The van der Waals surface area contributed by atoms with Crippen LogP contribution < -0.4 is 5.32 Å². The molecule has 0 radical (unpaired) electrons. The van der Waals surface area contributed by atoms with Gasteiger partial charge in [-0.15, -0.1) is 0 Å². The van der Waals surface area contributed by atoms with E-state index >= 15 is 0 Å². The van der Waals surface area contributed by atoms with Crippen molar-refractivity contribution in [2.45, 2.75) is 43.5 Å². The number of rotatable bonds is 5. The number of hydrogen-bond acceptors (Lipinski definition) is 3. The van der Waals surface area contributed by atoms with Crippen LogP contribution in [-0.4, -0.2) is 32.9 Å². The molecule has 2 unspecified atom stereocenters. The van der Waals surface area contributed by atoms with Crippen LogP contribution in [0.25, 0.3) is 0 Å². The van der Waals surface area contributed by atoms with Crippen LogP contribution in [0, 0.1) is 5.92 Å². The second-order valence-corrected chi connectivity index (χ2v) is 7.90. The third-order valence-electron chi connectivity index (χ3n) is 4.10. The van der Waals surface area contributed by atoms with Crippen molar-refractivity contribution in [2.24, 2.45) is 5.92 Å². The third-order valence-corrected chi connectivity index (χ3v) is 5.91. The lowest BCUT2D eigenvalue weighted by atomic mass is 10.1. The van der Waals surface area contributed by atoms with E-state index in [9.17, 15) is 8.42 Å². The number of sulfonamides is 1. The quantitative estimate of drug-likeness (QED) is 0.909. The van der Waals surface area contributed by atoms with Gasteiger partial charge in [0.1, 0.15) is 0 Å². The summed E-state index contributed by atoms with van der Waals surface area (Å²) < 4.78 is 25.5. The lowest BCUT2D eigenvalue weighted by molar-refractivity contribution is 0.520. The van der Waals surface area contributed by atoms with Gasteiger partial charge in [-0.1, -0.05) is 19.4 Å². The van der Waals surface area contributed by atoms with E-state index in [-0.39, 0.29) is 0 Å². The predicted molar refractivity (Wildman–Crippen MR) is 82.4 cm³/mol. The van der Waals surface area contributed by atoms with Crippen molar-refractivity contribution in [1.82, 2.24) is 4.31 Å². The van der Waals surface area contributed by atoms with Gasteiger partial charge in [0.05, 0.1) is 4.90 Å². The Bertz CT molecular complexity index is 555. The molecule has 1 aromatic carbocycles. The van der Waals surface area contributed by atoms with Crippen LogP contribution in [0.3, 0.4) is 0 Å². The van der Waals surface area contributed by atoms with Crippen LogP contribution in [0.15, 0.2) is 29.2 Å². The zero-order chi connectivity index (χ0) is 14.8. The van der Waals surface area contributed by atoms with E-state index < -0.39 is 10.0 Å². The van der Waals surface area contributed by atoms with Crippen LogP contribution in [0.5, 0.6) is 0 Å². The highest BCUT2D eigenvalue weighted by Crippen LogP contribution is 2.30. The molecule has 1 aromatic rings. The van der Waals surface area contributed by atoms with Crippen molar-refractivity contribution >= 4 is 15.7 Å². The topological polar surface area (TPSA) is 49.4 Å². The van der Waals surface area contributed by atoms with Crippen LogP contribution in [0.1, 0.15) is 32.6 Å². The Labute approximate surface area is 122 Å². The summed E-state index contributed by atoms with van der Waals surface area (Å²) in [5.41, 5.74) is 0.898. The van der Waals surface area contributed by atoms with E-state index in [1.807, 2.05) is 6.07 Å². The first-order chi connectivity index (χ1) is 9.43. The van der Waals surface area contributed by atoms with Crippen molar-refractivity contribution in [3.8, 4) is 0 Å². The fourth-order valence-corrected chi connectivity index (χ4v) is 3.72. The van der Waals surface area contributed by atoms with Gasteiger partial charge in [-0.2, -0.15) is 0 Å². The summed E-state index contributed by atoms with van der Waals surface area (Å²) in [7, 11) is -0.247. The molecule has 0 aliphatic heterocycles. The summed E-state index contributed by atoms with van der Waals surface area (Å²) in [5, 5.41) is 3.47. The van der Waals surface area contributed by atoms with E-state index in [0.29, 0.717) is 10.9 Å². The minimum atomic E-state index is -3.36. The highest BCUT2D eigenvalue weighted by molar-refractivity contribution is 7.89. The largest absolute Gasteiger partial charge is 0.382 e. The summed E-state index contributed by atoms with van der Waals surface area (Å²) >= 11 is 0. The molecule has 0 heterocycles. The third kappa shape index (κ3) is 3.33. The summed E-state index contributed by atoms with van der Waals surface area (Å²) in [5.74, 6) is 0.807. The fraction of sp³-hybridized carbons (Fsp3) is 0.600. The smallest absolute Gasteiger partial charge is 0.242 e. The van der Waals surface area contributed by atoms with Crippen LogP contribution in [-0.2, 0) is 10.0 Å². The predicted octanol–water partition coefficient (Wildman–Crippen LogP) is 2.93. The number of nitrogens with one attached hydrogen (secondary N) is 1. The van der Waals surface area contributed by atoms with Gasteiger partial charge in [0.15, 0.2) is 0 Å². The monoisotopic (exact) mass is 296 g/mol. The van der Waals surface area contributed by atoms with E-state index in [1.54, 1.807) is 32.3 Å². The van der Waals surface area contributed by atoms with Gasteiger partial charge in [-0.25, -0.2) is 12.7 Å². The van der Waals surface area contributed by atoms with E-state index in [2.05, 4.69) is 12.2 Å². The molecule has 0 saturated heterocycles. The first kappa shape index (κ1) is 15.3. The maximum Gasteiger partial charge on any atom is 0.242 e. The van der Waals surface area contributed by atoms with Crippen LogP contribution in [0.2, 0.25) is 0 Å². The Morgan fingerprint density at radius 2 is 2.05 bits per heavy atom. The molecular weight excluding hydrogens is 272 g/mol. The Morgan fingerprint density at radius 1 is 1.30 bits per heavy atom. The van der Waals surface area contributed by atoms with Gasteiger partial charge >= 0.3 is 0 Å². The van der Waals surface area contributed by atoms with E-state index in [0.717, 1.165) is 11.6 Å². The second-order valence-electron chi connectivity index (χ2n) is 5.74. The molecule has 112 valence electrons. The van der Waals surface area contributed by atoms with Gasteiger partial charge in [0.2, 0.25) is 10.0 Å². The molecule has 0 aromatic heterocycles. The van der Waals surface area contributed by atoms with Gasteiger partial charge < -0.3 is 5.32 Å². The van der Waals surface area contributed by atoms with Crippen molar-refractivity contribution in [2.75, 3.05) is 19.4 Å². The molecular formula is C15H24N2O2S. The molecule has 2 rings (SSSR count). The van der Waals surface area contributed by atoms with E-state index in [4.69, 9.17) is 0 Å². The SMILES string of the molecule is CCC1CCC(Nc2cccc(S(=O)(=O)N(C)C)c2)C1. The maximum atomic E-state index is 12.1. The lowest BCUT2D eigenvalue weighted by Gasteiger charge is -2.16. The highest BCUT2D eigenvalue weighted by atomic mass is 32.2. The summed E-state index contributed by atoms with van der Waals surface area (Å²) in [6.45, 7) is 2.23. The summed E-state index contributed by atoms with van der Waals surface area (Å²) in [6, 6.07) is 7.58. The molecule has 1 aliphatic carbocycles. The Kier molecular flexibility index (Phi) is 4.70. The van der Waals surface area contributed by atoms with Crippen molar-refractivity contribution < 1.29 is 8.42 Å². The Balaban J connectivity index is 2.11. The zero-order valence-electron chi connectivity index (χ0n) is 12.5. The second kappa shape index (κ2) is 6.14. The number of anilines is 1. The molecule has 0 spiro atoms. The first-order valence-electron chi connectivity index (χ1n) is 7.22. The molecule has 0 amide bonds. The van der Waals surface area contributed by atoms with Gasteiger partial charge in [-0.3, -0.25) is 0 Å². The minimum absolute atomic E-state index is 0.345. The first-order valence-corrected chi connectivity index (χ1v) is 8.66. The fourth-order valence-electron chi connectivity index (χ4n) is 2.77. The van der Waals surface area contributed by atoms with Gasteiger partial charge in [0, 0.05) is 25.8 Å². The molecule has 1 fully saturated rings. The van der Waals surface area contributed by atoms with Crippen molar-refractivity contribution in [3.05, 3.63) is 24.3 Å². The van der Waals surface area contributed by atoms with Crippen molar-refractivity contribution in [3.63, 3.8) is 0 Å². The number of benzene rings is 1. The molecule has 1 N–H and O–H groups in total. The van der Waals surface area contributed by atoms with E-state index in [1.165, 1.54) is 30.0 Å². The molecule has 2 atom stereocenters. The average molecular weight is 296 g/mol. The van der Waals surface area contributed by atoms with Crippen molar-refractivity contribution in [1.29, 1.82) is 0 Å². The minimum Gasteiger partial charge on any atom is -0.382 e. The molecule has 20 heavy (non-hydrogen) atoms. The summed E-state index contributed by atoms with van der Waals surface area (Å²) in [6.07, 6.45) is 4.85. The maximum absolute atomic E-state index is 12.1. The lowest BCUT2D eigenvalue weighted by Crippen LogP contribution is -2.22. The van der Waals surface area contributed by atoms with Gasteiger partial charge in [-0.05, 0) is 43.4 Å². The summed E-state index contributed by atoms with van der Waals surface area (Å²) in [4.78, 5) is 0.345. The molecule has 1 saturated carbocycles. The zero-order valence-corrected chi connectivity index (χ0v) is 13.3.